The first-order chi connectivity index (χ1) is 11.0. The summed E-state index contributed by atoms with van der Waals surface area (Å²) in [6.45, 7) is 4.39. The number of nitrogens with one attached hydrogen (secondary N) is 1. The van der Waals surface area contributed by atoms with Crippen molar-refractivity contribution in [1.29, 1.82) is 0 Å². The van der Waals surface area contributed by atoms with Crippen LogP contribution in [-0.2, 0) is 4.79 Å². The Kier molecular flexibility index (Phi) is 5.77. The number of benzene rings is 2. The highest BCUT2D eigenvalue weighted by molar-refractivity contribution is 5.93. The zero-order valence-corrected chi connectivity index (χ0v) is 14.2. The molecule has 0 unspecified atom stereocenters. The van der Waals surface area contributed by atoms with Crippen LogP contribution in [0.25, 0.3) is 0 Å². The molecule has 2 rings (SSSR count). The topological polar surface area (TPSA) is 41.6 Å². The van der Waals surface area contributed by atoms with Crippen molar-refractivity contribution >= 4 is 11.6 Å². The molecule has 4 heteroatoms. The molecule has 4 nitrogen and oxygen atoms in total. The number of carbonyl (C=O) groups is 1. The summed E-state index contributed by atoms with van der Waals surface area (Å²) < 4.78 is 5.29. The van der Waals surface area contributed by atoms with E-state index in [4.69, 9.17) is 4.74 Å². The Morgan fingerprint density at radius 3 is 2.57 bits per heavy atom. The quantitative estimate of drug-likeness (QED) is 0.885. The molecule has 0 spiro atoms. The Hall–Kier alpha value is -2.33. The van der Waals surface area contributed by atoms with Crippen LogP contribution < -0.4 is 10.1 Å². The standard InChI is InChI=1S/C19H24N2O2/c1-14-10-11-18(23-4)17(12-14)20-19(22)13-21(3)15(2)16-8-6-5-7-9-16/h5-12,15H,13H2,1-4H3,(H,20,22)/t15-/m0/s1. The Labute approximate surface area is 138 Å². The van der Waals surface area contributed by atoms with Crippen molar-refractivity contribution in [2.75, 3.05) is 26.0 Å². The zero-order valence-electron chi connectivity index (χ0n) is 14.2. The van der Waals surface area contributed by atoms with Crippen LogP contribution in [0.5, 0.6) is 5.75 Å². The van der Waals surface area contributed by atoms with Gasteiger partial charge in [-0.15, -0.1) is 0 Å². The maximum atomic E-state index is 12.3. The third-order valence-corrected chi connectivity index (χ3v) is 3.97. The normalized spacial score (nSPS) is 12.0. The first-order valence-corrected chi connectivity index (χ1v) is 7.71. The average molecular weight is 312 g/mol. The fourth-order valence-electron chi connectivity index (χ4n) is 2.46. The van der Waals surface area contributed by atoms with Crippen LogP contribution in [0.15, 0.2) is 48.5 Å². The molecule has 0 aromatic heterocycles. The molecule has 0 aliphatic rings. The van der Waals surface area contributed by atoms with Gasteiger partial charge < -0.3 is 10.1 Å². The lowest BCUT2D eigenvalue weighted by molar-refractivity contribution is -0.117. The van der Waals surface area contributed by atoms with Gasteiger partial charge in [0, 0.05) is 6.04 Å². The number of hydrogen-bond acceptors (Lipinski definition) is 3. The minimum atomic E-state index is -0.0563. The van der Waals surface area contributed by atoms with E-state index in [0.29, 0.717) is 18.0 Å². The van der Waals surface area contributed by atoms with Crippen molar-refractivity contribution in [3.63, 3.8) is 0 Å². The Morgan fingerprint density at radius 1 is 1.22 bits per heavy atom. The van der Waals surface area contributed by atoms with E-state index in [2.05, 4.69) is 24.4 Å². The number of likely N-dealkylation sites (N-methyl/N-ethyl adjacent to an activating group) is 1. The number of hydrogen-bond donors (Lipinski definition) is 1. The van der Waals surface area contributed by atoms with E-state index in [-0.39, 0.29) is 11.9 Å². The number of amides is 1. The number of rotatable bonds is 6. The molecule has 0 radical (unpaired) electrons. The van der Waals surface area contributed by atoms with E-state index in [9.17, 15) is 4.79 Å². The van der Waals surface area contributed by atoms with Crippen molar-refractivity contribution in [2.45, 2.75) is 19.9 Å². The van der Waals surface area contributed by atoms with E-state index in [1.807, 2.05) is 55.3 Å². The molecule has 0 heterocycles. The number of nitrogens with zero attached hydrogens (tertiary/aromatic N) is 1. The molecule has 1 N–H and O–H groups in total. The van der Waals surface area contributed by atoms with Crippen molar-refractivity contribution in [1.82, 2.24) is 4.90 Å². The van der Waals surface area contributed by atoms with Crippen molar-refractivity contribution in [2.24, 2.45) is 0 Å². The predicted octanol–water partition coefficient (Wildman–Crippen LogP) is 3.64. The molecule has 0 bridgehead atoms. The van der Waals surface area contributed by atoms with Crippen LogP contribution in [0.2, 0.25) is 0 Å². The average Bonchev–Trinajstić information content (AvgIpc) is 2.55. The Balaban J connectivity index is 2.01. The van der Waals surface area contributed by atoms with Gasteiger partial charge in [0.25, 0.3) is 0 Å². The molecular weight excluding hydrogens is 288 g/mol. The van der Waals surface area contributed by atoms with Crippen LogP contribution in [0.1, 0.15) is 24.1 Å². The molecule has 0 saturated carbocycles. The number of carbonyl (C=O) groups excluding carboxylic acids is 1. The summed E-state index contributed by atoms with van der Waals surface area (Å²) in [5.41, 5.74) is 2.97. The lowest BCUT2D eigenvalue weighted by Gasteiger charge is -2.24. The van der Waals surface area contributed by atoms with E-state index < -0.39 is 0 Å². The largest absolute Gasteiger partial charge is 0.495 e. The van der Waals surface area contributed by atoms with Crippen LogP contribution in [-0.4, -0.2) is 31.5 Å². The first kappa shape index (κ1) is 17.0. The van der Waals surface area contributed by atoms with Gasteiger partial charge >= 0.3 is 0 Å². The van der Waals surface area contributed by atoms with E-state index in [0.717, 1.165) is 5.56 Å². The lowest BCUT2D eigenvalue weighted by Crippen LogP contribution is -2.32. The lowest BCUT2D eigenvalue weighted by atomic mass is 10.1. The molecule has 0 fully saturated rings. The summed E-state index contributed by atoms with van der Waals surface area (Å²) in [6.07, 6.45) is 0. The third kappa shape index (κ3) is 4.57. The molecular formula is C19H24N2O2. The fourth-order valence-corrected chi connectivity index (χ4v) is 2.46. The van der Waals surface area contributed by atoms with Crippen molar-refractivity contribution in [3.05, 3.63) is 59.7 Å². The monoisotopic (exact) mass is 312 g/mol. The van der Waals surface area contributed by atoms with Gasteiger partial charge in [0.2, 0.25) is 5.91 Å². The fraction of sp³-hybridized carbons (Fsp3) is 0.316. The highest BCUT2D eigenvalue weighted by Gasteiger charge is 2.15. The van der Waals surface area contributed by atoms with Gasteiger partial charge in [-0.3, -0.25) is 9.69 Å². The molecule has 2 aromatic carbocycles. The van der Waals surface area contributed by atoms with Crippen LogP contribution >= 0.6 is 0 Å². The summed E-state index contributed by atoms with van der Waals surface area (Å²) in [7, 11) is 3.55. The number of anilines is 1. The zero-order chi connectivity index (χ0) is 16.8. The first-order valence-electron chi connectivity index (χ1n) is 7.71. The molecule has 23 heavy (non-hydrogen) atoms. The van der Waals surface area contributed by atoms with Crippen molar-refractivity contribution in [3.8, 4) is 5.75 Å². The second-order valence-corrected chi connectivity index (χ2v) is 5.75. The van der Waals surface area contributed by atoms with Gasteiger partial charge in [-0.25, -0.2) is 0 Å². The summed E-state index contributed by atoms with van der Waals surface area (Å²) in [4.78, 5) is 14.4. The highest BCUT2D eigenvalue weighted by atomic mass is 16.5. The predicted molar refractivity (Wildman–Crippen MR) is 93.8 cm³/mol. The van der Waals surface area contributed by atoms with E-state index >= 15 is 0 Å². The van der Waals surface area contributed by atoms with Gasteiger partial charge in [0.1, 0.15) is 5.75 Å². The number of ether oxygens (including phenoxy) is 1. The van der Waals surface area contributed by atoms with Gasteiger partial charge in [0.05, 0.1) is 19.3 Å². The maximum Gasteiger partial charge on any atom is 0.238 e. The van der Waals surface area contributed by atoms with Gasteiger partial charge in [0.15, 0.2) is 0 Å². The second-order valence-electron chi connectivity index (χ2n) is 5.75. The SMILES string of the molecule is COc1ccc(C)cc1NC(=O)CN(C)[C@@H](C)c1ccccc1. The second kappa shape index (κ2) is 7.79. The summed E-state index contributed by atoms with van der Waals surface area (Å²) >= 11 is 0. The Bertz CT molecular complexity index is 656. The summed E-state index contributed by atoms with van der Waals surface area (Å²) in [6, 6.07) is 16.1. The smallest absolute Gasteiger partial charge is 0.238 e. The Morgan fingerprint density at radius 2 is 1.91 bits per heavy atom. The van der Waals surface area contributed by atoms with Crippen LogP contribution in [0.3, 0.4) is 0 Å². The summed E-state index contributed by atoms with van der Waals surface area (Å²) in [5.74, 6) is 0.613. The minimum Gasteiger partial charge on any atom is -0.495 e. The minimum absolute atomic E-state index is 0.0563. The van der Waals surface area contributed by atoms with Crippen LogP contribution in [0, 0.1) is 6.92 Å². The van der Waals surface area contributed by atoms with Gasteiger partial charge in [-0.2, -0.15) is 0 Å². The van der Waals surface area contributed by atoms with Crippen molar-refractivity contribution < 1.29 is 9.53 Å². The molecule has 1 amide bonds. The highest BCUT2D eigenvalue weighted by Crippen LogP contribution is 2.25. The number of methoxy groups -OCH3 is 1. The molecule has 1 atom stereocenters. The van der Waals surface area contributed by atoms with E-state index in [1.54, 1.807) is 7.11 Å². The van der Waals surface area contributed by atoms with E-state index in [1.165, 1.54) is 5.56 Å². The van der Waals surface area contributed by atoms with Gasteiger partial charge in [-0.05, 0) is 44.2 Å². The molecule has 122 valence electrons. The third-order valence-electron chi connectivity index (χ3n) is 3.97. The van der Waals surface area contributed by atoms with Gasteiger partial charge in [-0.1, -0.05) is 36.4 Å². The van der Waals surface area contributed by atoms with Crippen LogP contribution in [0.4, 0.5) is 5.69 Å². The molecule has 0 aliphatic carbocycles. The summed E-state index contributed by atoms with van der Waals surface area (Å²) in [5, 5.41) is 2.93. The maximum absolute atomic E-state index is 12.3. The number of aryl methyl sites for hydroxylation is 1. The molecule has 2 aromatic rings. The molecule has 0 saturated heterocycles. The molecule has 0 aliphatic heterocycles.